The van der Waals surface area contributed by atoms with Gasteiger partial charge in [-0.2, -0.15) is 0 Å². The minimum atomic E-state index is -1.99. The number of carboxylic acids is 2. The fourth-order valence-corrected chi connectivity index (χ4v) is 1.03. The molecule has 0 heterocycles. The standard InChI is InChI=1S/C8H14O5.2Na/c1-4(2)3-5(7(10)11)6(9)8(12)13;;/h4-6,9H,3H2,1-2H3,(H,10,11)(H,12,13);;/q;2*+1/p-2/t5-,6+;;/m1../s1. The number of rotatable bonds is 5. The average Bonchev–Trinajstić information content (AvgIpc) is 1.97. The smallest absolute Gasteiger partial charge is 0.550 e. The summed E-state index contributed by atoms with van der Waals surface area (Å²) < 4.78 is 0. The van der Waals surface area contributed by atoms with Crippen LogP contribution in [0, 0.1) is 11.8 Å². The molecule has 0 aromatic heterocycles. The second-order valence-electron chi connectivity index (χ2n) is 3.32. The largest absolute Gasteiger partial charge is 1.00 e. The van der Waals surface area contributed by atoms with Crippen LogP contribution in [-0.2, 0) is 9.59 Å². The third-order valence-corrected chi connectivity index (χ3v) is 1.65. The van der Waals surface area contributed by atoms with E-state index in [-0.39, 0.29) is 71.5 Å². The predicted octanol–water partition coefficient (Wildman–Crippen LogP) is -8.48. The van der Waals surface area contributed by atoms with Crippen LogP contribution in [0.15, 0.2) is 0 Å². The van der Waals surface area contributed by atoms with Crippen molar-refractivity contribution in [2.45, 2.75) is 26.4 Å². The normalized spacial score (nSPS) is 13.3. The minimum Gasteiger partial charge on any atom is -0.550 e. The van der Waals surface area contributed by atoms with Gasteiger partial charge in [-0.1, -0.05) is 13.8 Å². The second-order valence-corrected chi connectivity index (χ2v) is 3.32. The molecule has 7 heteroatoms. The predicted molar refractivity (Wildman–Crippen MR) is 39.0 cm³/mol. The van der Waals surface area contributed by atoms with Gasteiger partial charge in [0.25, 0.3) is 0 Å². The van der Waals surface area contributed by atoms with Crippen LogP contribution >= 0.6 is 0 Å². The van der Waals surface area contributed by atoms with Gasteiger partial charge in [-0.25, -0.2) is 0 Å². The number of carbonyl (C=O) groups is 2. The Labute approximate surface area is 133 Å². The summed E-state index contributed by atoms with van der Waals surface area (Å²) in [4.78, 5) is 20.6. The first-order valence-electron chi connectivity index (χ1n) is 3.96. The molecule has 0 spiro atoms. The number of carbonyl (C=O) groups excluding carboxylic acids is 2. The van der Waals surface area contributed by atoms with E-state index in [1.165, 1.54) is 0 Å². The summed E-state index contributed by atoms with van der Waals surface area (Å²) >= 11 is 0. The zero-order valence-electron chi connectivity index (χ0n) is 9.52. The average molecular weight is 234 g/mol. The third kappa shape index (κ3) is 8.68. The van der Waals surface area contributed by atoms with Gasteiger partial charge in [0.05, 0.1) is 5.97 Å². The van der Waals surface area contributed by atoms with Crippen molar-refractivity contribution in [2.24, 2.45) is 11.8 Å². The van der Waals surface area contributed by atoms with Crippen molar-refractivity contribution in [3.63, 3.8) is 0 Å². The summed E-state index contributed by atoms with van der Waals surface area (Å²) in [5, 5.41) is 29.5. The Balaban J connectivity index is -0.000000720. The van der Waals surface area contributed by atoms with Crippen LogP contribution in [0.1, 0.15) is 20.3 Å². The summed E-state index contributed by atoms with van der Waals surface area (Å²) in [7, 11) is 0. The summed E-state index contributed by atoms with van der Waals surface area (Å²) in [6.07, 6.45) is -1.94. The molecule has 2 atom stereocenters. The van der Waals surface area contributed by atoms with E-state index in [0.717, 1.165) is 0 Å². The van der Waals surface area contributed by atoms with Crippen molar-refractivity contribution in [1.29, 1.82) is 0 Å². The number of hydrogen-bond acceptors (Lipinski definition) is 5. The van der Waals surface area contributed by atoms with Gasteiger partial charge < -0.3 is 24.9 Å². The molecule has 0 unspecified atom stereocenters. The molecule has 15 heavy (non-hydrogen) atoms. The number of hydrogen-bond donors (Lipinski definition) is 1. The van der Waals surface area contributed by atoms with Crippen LogP contribution in [0.3, 0.4) is 0 Å². The van der Waals surface area contributed by atoms with Crippen molar-refractivity contribution in [1.82, 2.24) is 0 Å². The molecule has 5 nitrogen and oxygen atoms in total. The number of aliphatic hydroxyl groups excluding tert-OH is 1. The maximum Gasteiger partial charge on any atom is 1.00 e. The molecule has 0 radical (unpaired) electrons. The molecular weight excluding hydrogens is 222 g/mol. The first-order valence-corrected chi connectivity index (χ1v) is 3.96. The van der Waals surface area contributed by atoms with Crippen LogP contribution in [0.2, 0.25) is 0 Å². The van der Waals surface area contributed by atoms with E-state index < -0.39 is 24.0 Å². The van der Waals surface area contributed by atoms with Gasteiger partial charge in [0.2, 0.25) is 0 Å². The topological polar surface area (TPSA) is 100 Å². The van der Waals surface area contributed by atoms with Crippen LogP contribution in [-0.4, -0.2) is 23.1 Å². The quantitative estimate of drug-likeness (QED) is 0.476. The van der Waals surface area contributed by atoms with Crippen molar-refractivity contribution in [3.8, 4) is 0 Å². The van der Waals surface area contributed by atoms with Crippen LogP contribution in [0.5, 0.6) is 0 Å². The molecule has 0 amide bonds. The van der Waals surface area contributed by atoms with E-state index in [1.54, 1.807) is 13.8 Å². The maximum atomic E-state index is 10.4. The molecule has 0 aliphatic carbocycles. The molecule has 76 valence electrons. The SMILES string of the molecule is CC(C)C[C@@H](C(=O)[O-])[C@H](O)C(=O)[O-].[Na+].[Na+]. The molecule has 0 saturated heterocycles. The van der Waals surface area contributed by atoms with Gasteiger partial charge in [-0.3, -0.25) is 0 Å². The van der Waals surface area contributed by atoms with Crippen molar-refractivity contribution < 1.29 is 84.0 Å². The van der Waals surface area contributed by atoms with Gasteiger partial charge >= 0.3 is 59.1 Å². The van der Waals surface area contributed by atoms with Crippen molar-refractivity contribution in [2.75, 3.05) is 0 Å². The number of aliphatic carboxylic acids is 2. The molecule has 0 bridgehead atoms. The van der Waals surface area contributed by atoms with E-state index >= 15 is 0 Å². The summed E-state index contributed by atoms with van der Waals surface area (Å²) in [5.41, 5.74) is 0. The van der Waals surface area contributed by atoms with E-state index in [2.05, 4.69) is 0 Å². The Morgan fingerprint density at radius 2 is 1.53 bits per heavy atom. The van der Waals surface area contributed by atoms with E-state index in [0.29, 0.717) is 0 Å². The van der Waals surface area contributed by atoms with E-state index in [9.17, 15) is 19.8 Å². The van der Waals surface area contributed by atoms with Crippen LogP contribution in [0.4, 0.5) is 0 Å². The Morgan fingerprint density at radius 3 is 1.73 bits per heavy atom. The van der Waals surface area contributed by atoms with Crippen LogP contribution < -0.4 is 69.3 Å². The Bertz CT molecular complexity index is 207. The zero-order valence-corrected chi connectivity index (χ0v) is 13.5. The first-order chi connectivity index (χ1) is 5.86. The van der Waals surface area contributed by atoms with Crippen molar-refractivity contribution >= 4 is 11.9 Å². The Hall–Kier alpha value is 0.900. The number of carboxylic acid groups (broad SMARTS) is 2. The number of aliphatic hydroxyl groups is 1. The second kappa shape index (κ2) is 10.1. The Kier molecular flexibility index (Phi) is 14.3. The van der Waals surface area contributed by atoms with E-state index in [1.807, 2.05) is 0 Å². The molecule has 0 saturated carbocycles. The molecule has 0 aromatic rings. The third-order valence-electron chi connectivity index (χ3n) is 1.65. The molecule has 0 rings (SSSR count). The fourth-order valence-electron chi connectivity index (χ4n) is 1.03. The summed E-state index contributed by atoms with van der Waals surface area (Å²) in [6, 6.07) is 0. The maximum absolute atomic E-state index is 10.4. The molecule has 0 fully saturated rings. The van der Waals surface area contributed by atoms with Gasteiger partial charge in [0.1, 0.15) is 6.10 Å². The minimum absolute atomic E-state index is 0. The molecular formula is C8H12Na2O5. The monoisotopic (exact) mass is 234 g/mol. The first kappa shape index (κ1) is 21.2. The molecule has 0 aromatic carbocycles. The van der Waals surface area contributed by atoms with Gasteiger partial charge in [-0.15, -0.1) is 0 Å². The fraction of sp³-hybridized carbons (Fsp3) is 0.750. The van der Waals surface area contributed by atoms with E-state index in [4.69, 9.17) is 5.11 Å². The van der Waals surface area contributed by atoms with Crippen LogP contribution in [0.25, 0.3) is 0 Å². The Morgan fingerprint density at radius 1 is 1.13 bits per heavy atom. The van der Waals surface area contributed by atoms with Gasteiger partial charge in [0.15, 0.2) is 0 Å². The van der Waals surface area contributed by atoms with Gasteiger partial charge in [0, 0.05) is 11.9 Å². The van der Waals surface area contributed by atoms with Gasteiger partial charge in [-0.05, 0) is 12.3 Å². The zero-order chi connectivity index (χ0) is 10.6. The summed E-state index contributed by atoms with van der Waals surface area (Å²) in [5.74, 6) is -4.78. The molecule has 1 N–H and O–H groups in total. The molecule has 0 aliphatic rings. The summed E-state index contributed by atoms with van der Waals surface area (Å²) in [6.45, 7) is 3.44. The molecule has 0 aliphatic heterocycles. The van der Waals surface area contributed by atoms with Crippen molar-refractivity contribution in [3.05, 3.63) is 0 Å².